The molecule has 0 spiro atoms. The van der Waals surface area contributed by atoms with E-state index >= 15 is 0 Å². The molecule has 1 rings (SSSR count). The molecule has 0 unspecified atom stereocenters. The third-order valence-electron chi connectivity index (χ3n) is 5.26. The molecule has 136 valence electrons. The summed E-state index contributed by atoms with van der Waals surface area (Å²) < 4.78 is 6.69. The zero-order chi connectivity index (χ0) is 18.2. The van der Waals surface area contributed by atoms with Crippen LogP contribution in [0.1, 0.15) is 48.5 Å². The highest BCUT2D eigenvalue weighted by molar-refractivity contribution is 6.74. The zero-order valence-electron chi connectivity index (χ0n) is 16.4. The summed E-state index contributed by atoms with van der Waals surface area (Å²) in [7, 11) is -1.96. The maximum Gasteiger partial charge on any atom is 0.408 e. The first kappa shape index (κ1) is 20.5. The number of amides is 1. The van der Waals surface area contributed by atoms with E-state index in [2.05, 4.69) is 46.1 Å². The van der Waals surface area contributed by atoms with E-state index in [0.717, 1.165) is 6.54 Å². The molecule has 1 amide bonds. The minimum absolute atomic E-state index is 0.0625. The Kier molecular flexibility index (Phi) is 5.98. The van der Waals surface area contributed by atoms with Gasteiger partial charge in [-0.3, -0.25) is 4.90 Å². The number of hydrogen-bond acceptors (Lipinski definition) is 3. The molecule has 0 aromatic carbocycles. The van der Waals surface area contributed by atoms with Gasteiger partial charge >= 0.3 is 6.09 Å². The number of nitrogens with zero attached hydrogens (tertiary/aromatic N) is 1. The maximum absolute atomic E-state index is 11.9. The Morgan fingerprint density at radius 3 is 2.09 bits per heavy atom. The van der Waals surface area contributed by atoms with Crippen LogP contribution < -0.4 is 5.32 Å². The van der Waals surface area contributed by atoms with Crippen LogP contribution in [0.15, 0.2) is 0 Å². The first-order valence-electron chi connectivity index (χ1n) is 8.59. The number of rotatable bonds is 3. The summed E-state index contributed by atoms with van der Waals surface area (Å²) in [5.74, 6) is 0.284. The van der Waals surface area contributed by atoms with Crippen molar-refractivity contribution in [3.05, 3.63) is 0 Å². The zero-order valence-corrected chi connectivity index (χ0v) is 17.4. The summed E-state index contributed by atoms with van der Waals surface area (Å²) in [6.07, 6.45) is -0.935. The predicted molar refractivity (Wildman–Crippen MR) is 97.5 cm³/mol. The van der Waals surface area contributed by atoms with Crippen LogP contribution in [0.3, 0.4) is 0 Å². The fourth-order valence-corrected chi connectivity index (χ4v) is 4.37. The Hall–Kier alpha value is -0.593. The minimum Gasteiger partial charge on any atom is -0.465 e. The second-order valence-corrected chi connectivity index (χ2v) is 14.1. The molecule has 0 bridgehead atoms. The van der Waals surface area contributed by atoms with Gasteiger partial charge in [0.1, 0.15) is 0 Å². The SMILES string of the molecule is C[C@H]1CNC[C@@H](N(C(=O)O)C(C)(C)C)[C@H]1O[Si](C)(C)C(C)(C)C. The molecule has 1 aliphatic heterocycles. The van der Waals surface area contributed by atoms with Crippen molar-refractivity contribution in [2.45, 2.75) is 84.3 Å². The van der Waals surface area contributed by atoms with Gasteiger partial charge in [-0.1, -0.05) is 27.7 Å². The molecule has 3 atom stereocenters. The third kappa shape index (κ3) is 4.70. The molecule has 1 aliphatic rings. The standard InChI is InChI=1S/C17H36N2O3Si/c1-12-10-18-11-13(19(15(20)21)16(2,3)4)14(12)22-23(8,9)17(5,6)7/h12-14,18H,10-11H2,1-9H3,(H,20,21)/t12-,13+,14-/m0/s1. The monoisotopic (exact) mass is 344 g/mol. The first-order chi connectivity index (χ1) is 10.2. The summed E-state index contributed by atoms with van der Waals surface area (Å²) in [5, 5.41) is 13.3. The van der Waals surface area contributed by atoms with E-state index in [1.165, 1.54) is 0 Å². The van der Waals surface area contributed by atoms with Gasteiger partial charge in [-0.05, 0) is 44.8 Å². The van der Waals surface area contributed by atoms with Crippen molar-refractivity contribution in [3.8, 4) is 0 Å². The van der Waals surface area contributed by atoms with Crippen LogP contribution in [0.4, 0.5) is 4.79 Å². The first-order valence-corrected chi connectivity index (χ1v) is 11.5. The molecule has 2 N–H and O–H groups in total. The Morgan fingerprint density at radius 2 is 1.70 bits per heavy atom. The molecular weight excluding hydrogens is 308 g/mol. The Morgan fingerprint density at radius 1 is 1.17 bits per heavy atom. The van der Waals surface area contributed by atoms with Gasteiger partial charge in [0.05, 0.1) is 12.1 Å². The van der Waals surface area contributed by atoms with E-state index in [9.17, 15) is 9.90 Å². The normalized spacial score (nSPS) is 26.9. The summed E-state index contributed by atoms with van der Waals surface area (Å²) >= 11 is 0. The van der Waals surface area contributed by atoms with Crippen molar-refractivity contribution in [3.63, 3.8) is 0 Å². The molecular formula is C17H36N2O3Si. The van der Waals surface area contributed by atoms with E-state index in [1.807, 2.05) is 20.8 Å². The summed E-state index contributed by atoms with van der Waals surface area (Å²) in [6.45, 7) is 20.6. The molecule has 1 saturated heterocycles. The van der Waals surface area contributed by atoms with Gasteiger partial charge < -0.3 is 14.8 Å². The van der Waals surface area contributed by atoms with Gasteiger partial charge in [0.2, 0.25) is 0 Å². The number of piperidine rings is 1. The Bertz CT molecular complexity index is 427. The molecule has 0 aromatic rings. The van der Waals surface area contributed by atoms with Gasteiger partial charge in [0.15, 0.2) is 8.32 Å². The van der Waals surface area contributed by atoms with Crippen LogP contribution in [0, 0.1) is 5.92 Å². The lowest BCUT2D eigenvalue weighted by atomic mass is 9.90. The van der Waals surface area contributed by atoms with E-state index in [-0.39, 0.29) is 23.1 Å². The molecule has 0 radical (unpaired) electrons. The second kappa shape index (κ2) is 6.73. The van der Waals surface area contributed by atoms with Gasteiger partial charge in [0.25, 0.3) is 0 Å². The average Bonchev–Trinajstić information content (AvgIpc) is 2.29. The number of carboxylic acid groups (broad SMARTS) is 1. The van der Waals surface area contributed by atoms with Gasteiger partial charge in [-0.15, -0.1) is 0 Å². The molecule has 23 heavy (non-hydrogen) atoms. The molecule has 1 fully saturated rings. The van der Waals surface area contributed by atoms with E-state index in [1.54, 1.807) is 4.90 Å². The molecule has 0 saturated carbocycles. The van der Waals surface area contributed by atoms with Crippen molar-refractivity contribution >= 4 is 14.4 Å². The lowest BCUT2D eigenvalue weighted by molar-refractivity contribution is -0.0215. The summed E-state index contributed by atoms with van der Waals surface area (Å²) in [6, 6.07) is -0.162. The minimum atomic E-state index is -1.96. The summed E-state index contributed by atoms with van der Waals surface area (Å²) in [5.41, 5.74) is -0.454. The van der Waals surface area contributed by atoms with Crippen molar-refractivity contribution in [2.75, 3.05) is 13.1 Å². The van der Waals surface area contributed by atoms with Crippen molar-refractivity contribution < 1.29 is 14.3 Å². The Labute approximate surface area is 142 Å². The van der Waals surface area contributed by atoms with Gasteiger partial charge in [-0.25, -0.2) is 4.79 Å². The second-order valence-electron chi connectivity index (χ2n) is 9.37. The molecule has 0 aliphatic carbocycles. The molecule has 1 heterocycles. The highest BCUT2D eigenvalue weighted by Gasteiger charge is 2.47. The van der Waals surface area contributed by atoms with Crippen molar-refractivity contribution in [2.24, 2.45) is 5.92 Å². The number of hydrogen-bond donors (Lipinski definition) is 2. The molecule has 0 aromatic heterocycles. The van der Waals surface area contributed by atoms with Crippen LogP contribution in [0.2, 0.25) is 18.1 Å². The average molecular weight is 345 g/mol. The van der Waals surface area contributed by atoms with Crippen molar-refractivity contribution in [1.82, 2.24) is 10.2 Å². The number of carbonyl (C=O) groups is 1. The van der Waals surface area contributed by atoms with E-state index in [4.69, 9.17) is 4.43 Å². The lowest BCUT2D eigenvalue weighted by Crippen LogP contribution is -2.65. The van der Waals surface area contributed by atoms with Crippen LogP contribution in [-0.4, -0.2) is 55.2 Å². The molecule has 5 nitrogen and oxygen atoms in total. The van der Waals surface area contributed by atoms with Crippen LogP contribution in [-0.2, 0) is 4.43 Å². The maximum atomic E-state index is 11.9. The highest BCUT2D eigenvalue weighted by atomic mass is 28.4. The van der Waals surface area contributed by atoms with Crippen LogP contribution in [0.25, 0.3) is 0 Å². The van der Waals surface area contributed by atoms with Crippen molar-refractivity contribution in [1.29, 1.82) is 0 Å². The van der Waals surface area contributed by atoms with Gasteiger partial charge in [-0.2, -0.15) is 0 Å². The van der Waals surface area contributed by atoms with Crippen LogP contribution >= 0.6 is 0 Å². The smallest absolute Gasteiger partial charge is 0.408 e. The highest BCUT2D eigenvalue weighted by Crippen LogP contribution is 2.39. The van der Waals surface area contributed by atoms with Crippen LogP contribution in [0.5, 0.6) is 0 Å². The quantitative estimate of drug-likeness (QED) is 0.765. The third-order valence-corrected chi connectivity index (χ3v) is 9.73. The summed E-state index contributed by atoms with van der Waals surface area (Å²) in [4.78, 5) is 13.5. The fraction of sp³-hybridized carbons (Fsp3) is 0.941. The van der Waals surface area contributed by atoms with E-state index in [0.29, 0.717) is 6.54 Å². The lowest BCUT2D eigenvalue weighted by Gasteiger charge is -2.50. The predicted octanol–water partition coefficient (Wildman–Crippen LogP) is 3.76. The largest absolute Gasteiger partial charge is 0.465 e. The number of nitrogens with one attached hydrogen (secondary N) is 1. The van der Waals surface area contributed by atoms with Gasteiger partial charge in [0, 0.05) is 18.6 Å². The fourth-order valence-electron chi connectivity index (χ4n) is 2.95. The van der Waals surface area contributed by atoms with E-state index < -0.39 is 19.9 Å². The molecule has 6 heteroatoms. The Balaban J connectivity index is 3.16. The topological polar surface area (TPSA) is 61.8 Å².